The van der Waals surface area contributed by atoms with Crippen LogP contribution < -0.4 is 9.64 Å². The number of aliphatic hydroxyl groups excluding tert-OH is 1. The van der Waals surface area contributed by atoms with E-state index in [1.807, 2.05) is 0 Å². The summed E-state index contributed by atoms with van der Waals surface area (Å²) in [5.74, 6) is -2.47. The van der Waals surface area contributed by atoms with Crippen LogP contribution in [0.25, 0.3) is 5.76 Å². The van der Waals surface area contributed by atoms with Gasteiger partial charge in [-0.15, -0.1) is 0 Å². The molecule has 0 saturated carbocycles. The first-order valence-electron chi connectivity index (χ1n) is 12.0. The molecule has 38 heavy (non-hydrogen) atoms. The number of halogens is 1. The number of nitrogens with zero attached hydrogens (tertiary/aromatic N) is 2. The molecule has 0 aliphatic carbocycles. The number of esters is 1. The summed E-state index contributed by atoms with van der Waals surface area (Å²) in [5, 5.41) is 11.3. The predicted molar refractivity (Wildman–Crippen MR) is 141 cm³/mol. The molecule has 1 fully saturated rings. The second-order valence-electron chi connectivity index (χ2n) is 9.18. The van der Waals surface area contributed by atoms with Crippen LogP contribution in [0.15, 0.2) is 54.1 Å². The second-order valence-corrected chi connectivity index (χ2v) is 10.2. The Morgan fingerprint density at radius 2 is 1.89 bits per heavy atom. The van der Waals surface area contributed by atoms with Gasteiger partial charge in [0, 0.05) is 5.56 Å². The fraction of sp³-hybridized carbons (Fsp3) is 0.286. The van der Waals surface area contributed by atoms with E-state index in [1.54, 1.807) is 31.2 Å². The summed E-state index contributed by atoms with van der Waals surface area (Å²) in [6.45, 7) is 6.24. The Hall–Kier alpha value is -4.05. The highest BCUT2D eigenvalue weighted by Gasteiger charge is 2.48. The first-order valence-corrected chi connectivity index (χ1v) is 12.8. The number of benzene rings is 2. The lowest BCUT2D eigenvalue weighted by molar-refractivity contribution is -0.132. The van der Waals surface area contributed by atoms with Gasteiger partial charge in [0.05, 0.1) is 31.0 Å². The van der Waals surface area contributed by atoms with Crippen LogP contribution in [0.5, 0.6) is 5.75 Å². The van der Waals surface area contributed by atoms with Crippen LogP contribution >= 0.6 is 11.3 Å². The van der Waals surface area contributed by atoms with Crippen molar-refractivity contribution >= 4 is 39.9 Å². The molecule has 1 saturated heterocycles. The Kier molecular flexibility index (Phi) is 7.91. The molecule has 0 spiro atoms. The normalized spacial score (nSPS) is 16.8. The summed E-state index contributed by atoms with van der Waals surface area (Å²) < 4.78 is 24.2. The Morgan fingerprint density at radius 1 is 1.18 bits per heavy atom. The fourth-order valence-corrected chi connectivity index (χ4v) is 5.07. The maximum Gasteiger partial charge on any atom is 0.350 e. The number of ether oxygens (including phenoxy) is 2. The van der Waals surface area contributed by atoms with E-state index in [9.17, 15) is 23.9 Å². The monoisotopic (exact) mass is 538 g/mol. The number of Topliss-reactive ketones (excluding diaryl/α,β-unsaturated/α-hetero) is 1. The molecule has 2 aromatic carbocycles. The lowest BCUT2D eigenvalue weighted by Gasteiger charge is -2.23. The summed E-state index contributed by atoms with van der Waals surface area (Å²) >= 11 is 0.909. The highest BCUT2D eigenvalue weighted by Crippen LogP contribution is 2.44. The Bertz CT molecular complexity index is 1410. The molecule has 1 N–H and O–H groups in total. The number of ketones is 1. The minimum Gasteiger partial charge on any atom is -0.507 e. The summed E-state index contributed by atoms with van der Waals surface area (Å²) in [7, 11) is 1.24. The maximum atomic E-state index is 13.5. The number of anilines is 1. The van der Waals surface area contributed by atoms with Gasteiger partial charge in [0.25, 0.3) is 5.78 Å². The zero-order valence-corrected chi connectivity index (χ0v) is 22.2. The van der Waals surface area contributed by atoms with Crippen molar-refractivity contribution < 1.29 is 33.4 Å². The fourth-order valence-electron chi connectivity index (χ4n) is 4.06. The molecule has 198 valence electrons. The third-order valence-corrected chi connectivity index (χ3v) is 7.20. The second kappa shape index (κ2) is 11.1. The molecule has 0 radical (unpaired) electrons. The molecule has 10 heteroatoms. The first kappa shape index (κ1) is 27.0. The van der Waals surface area contributed by atoms with Gasteiger partial charge in [0.15, 0.2) is 5.13 Å². The van der Waals surface area contributed by atoms with Crippen LogP contribution in [0.1, 0.15) is 52.8 Å². The van der Waals surface area contributed by atoms with Crippen molar-refractivity contribution in [3.8, 4) is 5.75 Å². The number of carbonyl (C=O) groups excluding carboxylic acids is 3. The van der Waals surface area contributed by atoms with Crippen LogP contribution in [-0.4, -0.2) is 41.5 Å². The van der Waals surface area contributed by atoms with Gasteiger partial charge in [-0.25, -0.2) is 14.2 Å². The number of hydrogen-bond donors (Lipinski definition) is 1. The summed E-state index contributed by atoms with van der Waals surface area (Å²) in [6.07, 6.45) is 0.835. The SMILES string of the molecule is COC(=O)c1sc(N2C(=O)C(=O)C(=C(O)c3ccc(F)cc3)C2c2cccc(OCCC(C)C)c2)nc1C. The molecular weight excluding hydrogens is 511 g/mol. The number of aromatic nitrogens is 1. The van der Waals surface area contributed by atoms with E-state index in [-0.39, 0.29) is 21.1 Å². The van der Waals surface area contributed by atoms with Gasteiger partial charge in [-0.3, -0.25) is 14.5 Å². The standard InChI is InChI=1S/C28H27FN2O6S/c1-15(2)12-13-37-20-7-5-6-18(14-20)22-21(23(32)17-8-10-19(29)11-9-17)24(33)26(34)31(22)28-30-16(3)25(38-28)27(35)36-4/h5-11,14-15,22,32H,12-13H2,1-4H3. The van der Waals surface area contributed by atoms with E-state index in [0.717, 1.165) is 34.8 Å². The average molecular weight is 539 g/mol. The van der Waals surface area contributed by atoms with Crippen LogP contribution in [0.2, 0.25) is 0 Å². The average Bonchev–Trinajstić information content (AvgIpc) is 3.40. The van der Waals surface area contributed by atoms with Crippen molar-refractivity contribution in [3.63, 3.8) is 0 Å². The van der Waals surface area contributed by atoms with Gasteiger partial charge in [0.2, 0.25) is 0 Å². The molecule has 4 rings (SSSR count). The third-order valence-electron chi connectivity index (χ3n) is 6.06. The molecule has 1 aliphatic rings. The molecule has 1 aliphatic heterocycles. The molecular formula is C28H27FN2O6S. The molecule has 1 amide bonds. The Morgan fingerprint density at radius 3 is 2.55 bits per heavy atom. The zero-order valence-electron chi connectivity index (χ0n) is 21.4. The van der Waals surface area contributed by atoms with Crippen molar-refractivity contribution in [2.24, 2.45) is 5.92 Å². The first-order chi connectivity index (χ1) is 18.1. The minimum atomic E-state index is -1.08. The minimum absolute atomic E-state index is 0.0966. The topological polar surface area (TPSA) is 106 Å². The number of aryl methyl sites for hydroxylation is 1. The molecule has 3 aromatic rings. The van der Waals surface area contributed by atoms with E-state index in [1.165, 1.54) is 19.2 Å². The lowest BCUT2D eigenvalue weighted by atomic mass is 9.95. The van der Waals surface area contributed by atoms with E-state index >= 15 is 0 Å². The third kappa shape index (κ3) is 5.31. The van der Waals surface area contributed by atoms with Crippen molar-refractivity contribution in [1.82, 2.24) is 4.98 Å². The van der Waals surface area contributed by atoms with Crippen LogP contribution in [0, 0.1) is 18.7 Å². The maximum absolute atomic E-state index is 13.5. The predicted octanol–water partition coefficient (Wildman–Crippen LogP) is 5.43. The number of rotatable bonds is 8. The van der Waals surface area contributed by atoms with E-state index in [0.29, 0.717) is 29.5 Å². The highest BCUT2D eigenvalue weighted by atomic mass is 32.1. The van der Waals surface area contributed by atoms with Crippen molar-refractivity contribution in [2.45, 2.75) is 33.2 Å². The van der Waals surface area contributed by atoms with E-state index in [4.69, 9.17) is 9.47 Å². The number of hydrogen-bond acceptors (Lipinski definition) is 8. The molecule has 1 aromatic heterocycles. The highest BCUT2D eigenvalue weighted by molar-refractivity contribution is 7.17. The Labute approximate surface area is 223 Å². The smallest absolute Gasteiger partial charge is 0.350 e. The molecule has 2 heterocycles. The van der Waals surface area contributed by atoms with Crippen molar-refractivity contribution in [3.05, 3.63) is 81.6 Å². The van der Waals surface area contributed by atoms with Crippen LogP contribution in [0.4, 0.5) is 9.52 Å². The summed E-state index contributed by atoms with van der Waals surface area (Å²) in [4.78, 5) is 44.7. The molecule has 1 atom stereocenters. The number of carbonyl (C=O) groups is 3. The lowest BCUT2D eigenvalue weighted by Crippen LogP contribution is -2.29. The van der Waals surface area contributed by atoms with Crippen molar-refractivity contribution in [1.29, 1.82) is 0 Å². The summed E-state index contributed by atoms with van der Waals surface area (Å²) in [6, 6.07) is 10.8. The Balaban J connectivity index is 1.87. The number of aliphatic hydroxyl groups is 1. The van der Waals surface area contributed by atoms with E-state index < -0.39 is 35.3 Å². The number of amides is 1. The van der Waals surface area contributed by atoms with Gasteiger partial charge in [-0.1, -0.05) is 37.3 Å². The van der Waals surface area contributed by atoms with Gasteiger partial charge >= 0.3 is 11.9 Å². The molecule has 0 bridgehead atoms. The van der Waals surface area contributed by atoms with Gasteiger partial charge in [-0.2, -0.15) is 0 Å². The van der Waals surface area contributed by atoms with Crippen LogP contribution in [-0.2, 0) is 14.3 Å². The number of thiazole rings is 1. The summed E-state index contributed by atoms with van der Waals surface area (Å²) in [5.41, 5.74) is 0.807. The van der Waals surface area contributed by atoms with Crippen LogP contribution in [0.3, 0.4) is 0 Å². The quantitative estimate of drug-likeness (QED) is 0.176. The molecule has 1 unspecified atom stereocenters. The van der Waals surface area contributed by atoms with Gasteiger partial charge < -0.3 is 14.6 Å². The molecule has 8 nitrogen and oxygen atoms in total. The van der Waals surface area contributed by atoms with Gasteiger partial charge in [0.1, 0.15) is 22.2 Å². The van der Waals surface area contributed by atoms with Gasteiger partial charge in [-0.05, 0) is 61.2 Å². The zero-order chi connectivity index (χ0) is 27.6. The number of methoxy groups -OCH3 is 1. The van der Waals surface area contributed by atoms with E-state index in [2.05, 4.69) is 18.8 Å². The largest absolute Gasteiger partial charge is 0.507 e. The van der Waals surface area contributed by atoms with Crippen molar-refractivity contribution in [2.75, 3.05) is 18.6 Å².